The number of aromatic nitrogens is 3. The van der Waals surface area contributed by atoms with Gasteiger partial charge < -0.3 is 10.4 Å². The lowest BCUT2D eigenvalue weighted by atomic mass is 10.2. The van der Waals surface area contributed by atoms with Crippen molar-refractivity contribution in [1.82, 2.24) is 20.5 Å². The third-order valence-electron chi connectivity index (χ3n) is 2.62. The highest BCUT2D eigenvalue weighted by Crippen LogP contribution is 2.03. The zero-order chi connectivity index (χ0) is 13.8. The summed E-state index contributed by atoms with van der Waals surface area (Å²) in [6.45, 7) is 2.19. The summed E-state index contributed by atoms with van der Waals surface area (Å²) in [5, 5.41) is 18.0. The van der Waals surface area contributed by atoms with Gasteiger partial charge in [-0.05, 0) is 19.1 Å². The molecule has 2 aromatic rings. The third kappa shape index (κ3) is 2.95. The van der Waals surface area contributed by atoms with Gasteiger partial charge in [0.15, 0.2) is 0 Å². The summed E-state index contributed by atoms with van der Waals surface area (Å²) in [7, 11) is 0. The largest absolute Gasteiger partial charge is 0.478 e. The number of rotatable bonds is 4. The van der Waals surface area contributed by atoms with E-state index in [1.54, 1.807) is 6.20 Å². The summed E-state index contributed by atoms with van der Waals surface area (Å²) in [6, 6.07) is 2.72. The molecule has 0 aliphatic heterocycles. The average molecular weight is 260 g/mol. The topological polar surface area (TPSA) is 108 Å². The SMILES string of the molecule is Cc1[nH]ncc1CNC(=O)c1ccc(C(=O)O)cn1. The Balaban J connectivity index is 2.00. The molecule has 2 aromatic heterocycles. The Labute approximate surface area is 108 Å². The highest BCUT2D eigenvalue weighted by molar-refractivity contribution is 5.93. The van der Waals surface area contributed by atoms with Crippen LogP contribution < -0.4 is 5.32 Å². The Morgan fingerprint density at radius 3 is 2.68 bits per heavy atom. The van der Waals surface area contributed by atoms with E-state index in [9.17, 15) is 9.59 Å². The number of carboxylic acids is 1. The Morgan fingerprint density at radius 2 is 2.16 bits per heavy atom. The molecule has 7 heteroatoms. The van der Waals surface area contributed by atoms with Gasteiger partial charge in [-0.1, -0.05) is 0 Å². The molecule has 3 N–H and O–H groups in total. The molecule has 0 fully saturated rings. The first-order valence-electron chi connectivity index (χ1n) is 5.54. The minimum atomic E-state index is -1.08. The minimum absolute atomic E-state index is 0.0437. The lowest BCUT2D eigenvalue weighted by molar-refractivity contribution is 0.0695. The molecule has 98 valence electrons. The number of pyridine rings is 1. The minimum Gasteiger partial charge on any atom is -0.478 e. The van der Waals surface area contributed by atoms with E-state index in [0.29, 0.717) is 6.54 Å². The van der Waals surface area contributed by atoms with Crippen LogP contribution in [-0.4, -0.2) is 32.2 Å². The van der Waals surface area contributed by atoms with Crippen molar-refractivity contribution < 1.29 is 14.7 Å². The first-order chi connectivity index (χ1) is 9.08. The summed E-state index contributed by atoms with van der Waals surface area (Å²) >= 11 is 0. The number of aromatic carboxylic acids is 1. The van der Waals surface area contributed by atoms with Gasteiger partial charge in [0.1, 0.15) is 5.69 Å². The summed E-state index contributed by atoms with van der Waals surface area (Å²) in [5.41, 5.74) is 1.98. The Hall–Kier alpha value is -2.70. The molecule has 0 aromatic carbocycles. The Bertz CT molecular complexity index is 604. The number of carboxylic acid groups (broad SMARTS) is 1. The molecule has 2 heterocycles. The van der Waals surface area contributed by atoms with E-state index in [2.05, 4.69) is 20.5 Å². The quantitative estimate of drug-likeness (QED) is 0.751. The predicted octanol–water partition coefficient (Wildman–Crippen LogP) is 0.741. The first-order valence-corrected chi connectivity index (χ1v) is 5.54. The fourth-order valence-electron chi connectivity index (χ4n) is 1.47. The van der Waals surface area contributed by atoms with Crippen molar-refractivity contribution in [1.29, 1.82) is 0 Å². The highest BCUT2D eigenvalue weighted by Gasteiger charge is 2.10. The van der Waals surface area contributed by atoms with Gasteiger partial charge in [0.25, 0.3) is 5.91 Å². The van der Waals surface area contributed by atoms with Crippen LogP contribution in [-0.2, 0) is 6.54 Å². The van der Waals surface area contributed by atoms with Crippen LogP contribution in [0, 0.1) is 6.92 Å². The normalized spacial score (nSPS) is 10.2. The number of carbonyl (C=O) groups is 2. The first kappa shape index (κ1) is 12.7. The molecular weight excluding hydrogens is 248 g/mol. The molecule has 0 saturated carbocycles. The third-order valence-corrected chi connectivity index (χ3v) is 2.62. The number of carbonyl (C=O) groups excluding carboxylic acids is 1. The smallest absolute Gasteiger partial charge is 0.337 e. The molecule has 0 aliphatic carbocycles. The Kier molecular flexibility index (Phi) is 3.56. The number of H-pyrrole nitrogens is 1. The van der Waals surface area contributed by atoms with Crippen molar-refractivity contribution in [2.75, 3.05) is 0 Å². The van der Waals surface area contributed by atoms with Gasteiger partial charge in [-0.2, -0.15) is 5.10 Å². The molecule has 0 atom stereocenters. The molecule has 7 nitrogen and oxygen atoms in total. The molecule has 2 rings (SSSR count). The summed E-state index contributed by atoms with van der Waals surface area (Å²) in [6.07, 6.45) is 2.79. The number of amides is 1. The van der Waals surface area contributed by atoms with Crippen LogP contribution in [0.4, 0.5) is 0 Å². The van der Waals surface area contributed by atoms with Crippen LogP contribution in [0.5, 0.6) is 0 Å². The number of aryl methyl sites for hydroxylation is 1. The maximum Gasteiger partial charge on any atom is 0.337 e. The number of aromatic amines is 1. The van der Waals surface area contributed by atoms with E-state index in [0.717, 1.165) is 17.5 Å². The molecule has 0 aliphatic rings. The average Bonchev–Trinajstić information content (AvgIpc) is 2.81. The standard InChI is InChI=1S/C12H12N4O3/c1-7-9(6-15-16-7)5-14-11(17)10-3-2-8(4-13-10)12(18)19/h2-4,6H,5H2,1H3,(H,14,17)(H,15,16)(H,18,19). The second-order valence-electron chi connectivity index (χ2n) is 3.94. The van der Waals surface area contributed by atoms with Crippen molar-refractivity contribution >= 4 is 11.9 Å². The van der Waals surface area contributed by atoms with E-state index in [4.69, 9.17) is 5.11 Å². The maximum atomic E-state index is 11.8. The van der Waals surface area contributed by atoms with Gasteiger partial charge in [-0.15, -0.1) is 0 Å². The second kappa shape index (κ2) is 5.30. The van der Waals surface area contributed by atoms with Gasteiger partial charge in [-0.3, -0.25) is 14.9 Å². The van der Waals surface area contributed by atoms with Gasteiger partial charge >= 0.3 is 5.97 Å². The number of hydrogen-bond donors (Lipinski definition) is 3. The van der Waals surface area contributed by atoms with Gasteiger partial charge in [0, 0.05) is 24.0 Å². The maximum absolute atomic E-state index is 11.8. The van der Waals surface area contributed by atoms with Crippen LogP contribution >= 0.6 is 0 Å². The van der Waals surface area contributed by atoms with E-state index in [1.807, 2.05) is 6.92 Å². The van der Waals surface area contributed by atoms with Crippen LogP contribution in [0.3, 0.4) is 0 Å². The zero-order valence-electron chi connectivity index (χ0n) is 10.2. The van der Waals surface area contributed by atoms with Crippen molar-refractivity contribution in [2.24, 2.45) is 0 Å². The van der Waals surface area contributed by atoms with Crippen molar-refractivity contribution in [3.8, 4) is 0 Å². The molecular formula is C12H12N4O3. The second-order valence-corrected chi connectivity index (χ2v) is 3.94. The molecule has 0 radical (unpaired) electrons. The monoisotopic (exact) mass is 260 g/mol. The van der Waals surface area contributed by atoms with E-state index in [1.165, 1.54) is 12.1 Å². The molecule has 0 unspecified atom stereocenters. The summed E-state index contributed by atoms with van der Waals surface area (Å²) < 4.78 is 0. The Morgan fingerprint density at radius 1 is 1.37 bits per heavy atom. The van der Waals surface area contributed by atoms with Gasteiger partial charge in [-0.25, -0.2) is 4.79 Å². The molecule has 1 amide bonds. The number of nitrogens with one attached hydrogen (secondary N) is 2. The van der Waals surface area contributed by atoms with Crippen LogP contribution in [0.2, 0.25) is 0 Å². The summed E-state index contributed by atoms with van der Waals surface area (Å²) in [5.74, 6) is -1.44. The van der Waals surface area contributed by atoms with Crippen molar-refractivity contribution in [3.05, 3.63) is 47.0 Å². The van der Waals surface area contributed by atoms with Crippen LogP contribution in [0.25, 0.3) is 0 Å². The molecule has 19 heavy (non-hydrogen) atoms. The van der Waals surface area contributed by atoms with Crippen LogP contribution in [0.15, 0.2) is 24.5 Å². The molecule has 0 bridgehead atoms. The van der Waals surface area contributed by atoms with Crippen LogP contribution in [0.1, 0.15) is 32.1 Å². The van der Waals surface area contributed by atoms with Crippen molar-refractivity contribution in [2.45, 2.75) is 13.5 Å². The molecule has 0 saturated heterocycles. The lowest BCUT2D eigenvalue weighted by Gasteiger charge is -2.04. The zero-order valence-corrected chi connectivity index (χ0v) is 10.2. The number of nitrogens with zero attached hydrogens (tertiary/aromatic N) is 2. The molecule has 0 spiro atoms. The summed E-state index contributed by atoms with van der Waals surface area (Å²) in [4.78, 5) is 26.2. The number of hydrogen-bond acceptors (Lipinski definition) is 4. The fraction of sp³-hybridized carbons (Fsp3) is 0.167. The van der Waals surface area contributed by atoms with Crippen molar-refractivity contribution in [3.63, 3.8) is 0 Å². The van der Waals surface area contributed by atoms with E-state index < -0.39 is 5.97 Å². The van der Waals surface area contributed by atoms with E-state index >= 15 is 0 Å². The highest BCUT2D eigenvalue weighted by atomic mass is 16.4. The lowest BCUT2D eigenvalue weighted by Crippen LogP contribution is -2.24. The van der Waals surface area contributed by atoms with E-state index in [-0.39, 0.29) is 17.2 Å². The predicted molar refractivity (Wildman–Crippen MR) is 65.7 cm³/mol. The van der Waals surface area contributed by atoms with Gasteiger partial charge in [0.2, 0.25) is 0 Å². The van der Waals surface area contributed by atoms with Gasteiger partial charge in [0.05, 0.1) is 11.8 Å². The fourth-order valence-corrected chi connectivity index (χ4v) is 1.47.